The number of hydrogen-bond acceptors (Lipinski definition) is 5. The zero-order chi connectivity index (χ0) is 14.2. The Morgan fingerprint density at radius 3 is 2.95 bits per heavy atom. The molecule has 6 heteroatoms. The lowest BCUT2D eigenvalue weighted by molar-refractivity contribution is 0.00929. The average molecular weight is 295 g/mol. The minimum atomic E-state index is 0.0929. The lowest BCUT2D eigenvalue weighted by Crippen LogP contribution is -2.59. The van der Waals surface area contributed by atoms with E-state index < -0.39 is 0 Å². The molecule has 2 aliphatic rings. The predicted molar refractivity (Wildman–Crippen MR) is 78.1 cm³/mol. The highest BCUT2D eigenvalue weighted by molar-refractivity contribution is 7.09. The van der Waals surface area contributed by atoms with Crippen molar-refractivity contribution < 1.29 is 9.53 Å². The molecule has 0 aliphatic carbocycles. The van der Waals surface area contributed by atoms with Crippen molar-refractivity contribution in [2.45, 2.75) is 13.3 Å². The molecular formula is C14H21N3O2S. The number of carbonyl (C=O) groups is 1. The van der Waals surface area contributed by atoms with E-state index in [2.05, 4.69) is 9.88 Å². The first-order valence-electron chi connectivity index (χ1n) is 7.05. The Labute approximate surface area is 123 Å². The zero-order valence-electron chi connectivity index (χ0n) is 12.1. The van der Waals surface area contributed by atoms with Gasteiger partial charge in [-0.3, -0.25) is 4.79 Å². The lowest BCUT2D eigenvalue weighted by atomic mass is 9.79. The minimum Gasteiger partial charge on any atom is -0.383 e. The first-order valence-corrected chi connectivity index (χ1v) is 7.93. The van der Waals surface area contributed by atoms with Gasteiger partial charge in [0, 0.05) is 44.1 Å². The Hall–Kier alpha value is -0.980. The van der Waals surface area contributed by atoms with Gasteiger partial charge in [0.05, 0.1) is 11.6 Å². The second-order valence-electron chi connectivity index (χ2n) is 5.93. The summed E-state index contributed by atoms with van der Waals surface area (Å²) in [7, 11) is 1.74. The highest BCUT2D eigenvalue weighted by Crippen LogP contribution is 2.40. The maximum absolute atomic E-state index is 12.3. The third-order valence-corrected chi connectivity index (χ3v) is 5.08. The van der Waals surface area contributed by atoms with Crippen LogP contribution < -0.4 is 0 Å². The molecule has 2 fully saturated rings. The quantitative estimate of drug-likeness (QED) is 0.838. The fourth-order valence-electron chi connectivity index (χ4n) is 3.23. The first kappa shape index (κ1) is 14.0. The Bertz CT molecular complexity index is 496. The highest BCUT2D eigenvalue weighted by atomic mass is 32.1. The number of aromatic nitrogens is 1. The van der Waals surface area contributed by atoms with Gasteiger partial charge in [0.2, 0.25) is 0 Å². The maximum Gasteiger partial charge on any atom is 0.273 e. The van der Waals surface area contributed by atoms with Crippen LogP contribution in [0.5, 0.6) is 0 Å². The van der Waals surface area contributed by atoms with Crippen molar-refractivity contribution in [3.63, 3.8) is 0 Å². The standard InChI is InChI=1S/C14H21N3O2S/c1-11-15-12(7-20-11)13(18)17-9-14(10-17)3-4-16(8-14)5-6-19-2/h7H,3-6,8-10H2,1-2H3. The van der Waals surface area contributed by atoms with Gasteiger partial charge < -0.3 is 14.5 Å². The summed E-state index contributed by atoms with van der Waals surface area (Å²) in [6, 6.07) is 0. The molecule has 0 unspecified atom stereocenters. The van der Waals surface area contributed by atoms with E-state index in [1.54, 1.807) is 7.11 Å². The van der Waals surface area contributed by atoms with Crippen LogP contribution in [0.2, 0.25) is 0 Å². The number of likely N-dealkylation sites (tertiary alicyclic amines) is 2. The van der Waals surface area contributed by atoms with Gasteiger partial charge in [0.1, 0.15) is 5.69 Å². The Morgan fingerprint density at radius 1 is 1.50 bits per heavy atom. The van der Waals surface area contributed by atoms with Crippen LogP contribution >= 0.6 is 11.3 Å². The molecule has 20 heavy (non-hydrogen) atoms. The van der Waals surface area contributed by atoms with E-state index in [9.17, 15) is 4.79 Å². The molecule has 3 rings (SSSR count). The van der Waals surface area contributed by atoms with Crippen LogP contribution in [0.25, 0.3) is 0 Å². The van der Waals surface area contributed by atoms with Gasteiger partial charge in [0.25, 0.3) is 5.91 Å². The second-order valence-corrected chi connectivity index (χ2v) is 6.99. The molecule has 1 amide bonds. The van der Waals surface area contributed by atoms with E-state index >= 15 is 0 Å². The number of nitrogens with zero attached hydrogens (tertiary/aromatic N) is 3. The van der Waals surface area contributed by atoms with E-state index in [0.29, 0.717) is 11.1 Å². The molecule has 0 bridgehead atoms. The molecule has 3 heterocycles. The number of hydrogen-bond donors (Lipinski definition) is 0. The molecule has 5 nitrogen and oxygen atoms in total. The molecule has 1 aromatic rings. The van der Waals surface area contributed by atoms with Crippen molar-refractivity contribution >= 4 is 17.2 Å². The van der Waals surface area contributed by atoms with E-state index in [1.165, 1.54) is 17.8 Å². The van der Waals surface area contributed by atoms with Crippen LogP contribution in [0.3, 0.4) is 0 Å². The van der Waals surface area contributed by atoms with Crippen LogP contribution in [0.4, 0.5) is 0 Å². The van der Waals surface area contributed by atoms with Crippen molar-refractivity contribution in [2.75, 3.05) is 46.4 Å². The monoisotopic (exact) mass is 295 g/mol. The molecular weight excluding hydrogens is 274 g/mol. The van der Waals surface area contributed by atoms with Crippen molar-refractivity contribution in [2.24, 2.45) is 5.41 Å². The molecule has 0 atom stereocenters. The number of rotatable bonds is 4. The van der Waals surface area contributed by atoms with Gasteiger partial charge in [-0.25, -0.2) is 4.98 Å². The molecule has 1 spiro atoms. The number of carbonyl (C=O) groups excluding carboxylic acids is 1. The van der Waals surface area contributed by atoms with E-state index in [4.69, 9.17) is 4.74 Å². The summed E-state index contributed by atoms with van der Waals surface area (Å²) in [6.45, 7) is 7.70. The summed E-state index contributed by atoms with van der Waals surface area (Å²) < 4.78 is 5.13. The maximum atomic E-state index is 12.3. The Balaban J connectivity index is 1.52. The highest BCUT2D eigenvalue weighted by Gasteiger charge is 2.49. The topological polar surface area (TPSA) is 45.7 Å². The molecule has 1 aromatic heterocycles. The lowest BCUT2D eigenvalue weighted by Gasteiger charge is -2.47. The molecule has 110 valence electrons. The summed E-state index contributed by atoms with van der Waals surface area (Å²) in [4.78, 5) is 20.9. The summed E-state index contributed by atoms with van der Waals surface area (Å²) in [6.07, 6.45) is 1.19. The van der Waals surface area contributed by atoms with Crippen molar-refractivity contribution in [3.8, 4) is 0 Å². The van der Waals surface area contributed by atoms with Gasteiger partial charge in [-0.15, -0.1) is 11.3 Å². The van der Waals surface area contributed by atoms with Crippen molar-refractivity contribution in [3.05, 3.63) is 16.1 Å². The molecule has 2 saturated heterocycles. The van der Waals surface area contributed by atoms with Crippen LogP contribution in [-0.2, 0) is 4.74 Å². The summed E-state index contributed by atoms with van der Waals surface area (Å²) >= 11 is 1.54. The van der Waals surface area contributed by atoms with Crippen molar-refractivity contribution in [1.29, 1.82) is 0 Å². The summed E-state index contributed by atoms with van der Waals surface area (Å²) in [5, 5.41) is 2.82. The number of thiazole rings is 1. The van der Waals surface area contributed by atoms with Gasteiger partial charge in [0.15, 0.2) is 0 Å². The molecule has 2 aliphatic heterocycles. The Kier molecular flexibility index (Phi) is 3.79. The van der Waals surface area contributed by atoms with E-state index in [0.717, 1.165) is 44.3 Å². The fourth-order valence-corrected chi connectivity index (χ4v) is 3.81. The molecule has 0 saturated carbocycles. The third kappa shape index (κ3) is 2.60. The number of amides is 1. The Morgan fingerprint density at radius 2 is 2.30 bits per heavy atom. The van der Waals surface area contributed by atoms with Crippen LogP contribution in [0.1, 0.15) is 21.9 Å². The fraction of sp³-hybridized carbons (Fsp3) is 0.714. The van der Waals surface area contributed by atoms with Gasteiger partial charge in [-0.05, 0) is 19.9 Å². The van der Waals surface area contributed by atoms with Crippen molar-refractivity contribution in [1.82, 2.24) is 14.8 Å². The van der Waals surface area contributed by atoms with Crippen LogP contribution in [0, 0.1) is 12.3 Å². The SMILES string of the molecule is COCCN1CCC2(C1)CN(C(=O)c1csc(C)n1)C2. The molecule has 0 aromatic carbocycles. The van der Waals surface area contributed by atoms with Crippen LogP contribution in [0.15, 0.2) is 5.38 Å². The summed E-state index contributed by atoms with van der Waals surface area (Å²) in [5.74, 6) is 0.0929. The average Bonchev–Trinajstić information content (AvgIpc) is 3.00. The van der Waals surface area contributed by atoms with Gasteiger partial charge in [-0.2, -0.15) is 0 Å². The normalized spacial score (nSPS) is 21.4. The van der Waals surface area contributed by atoms with E-state index in [1.807, 2.05) is 17.2 Å². The number of methoxy groups -OCH3 is 1. The third-order valence-electron chi connectivity index (χ3n) is 4.31. The molecule has 0 N–H and O–H groups in total. The largest absolute Gasteiger partial charge is 0.383 e. The minimum absolute atomic E-state index is 0.0929. The first-order chi connectivity index (χ1) is 9.62. The van der Waals surface area contributed by atoms with Crippen LogP contribution in [-0.4, -0.2) is 67.1 Å². The van der Waals surface area contributed by atoms with Gasteiger partial charge in [-0.1, -0.05) is 0 Å². The zero-order valence-corrected chi connectivity index (χ0v) is 12.9. The smallest absolute Gasteiger partial charge is 0.273 e. The van der Waals surface area contributed by atoms with E-state index in [-0.39, 0.29) is 5.91 Å². The number of aryl methyl sites for hydroxylation is 1. The molecule has 0 radical (unpaired) electrons. The second kappa shape index (κ2) is 5.42. The summed E-state index contributed by atoms with van der Waals surface area (Å²) in [5.41, 5.74) is 0.936. The predicted octanol–water partition coefficient (Wildman–Crippen LogP) is 1.25. The number of ether oxygens (including phenoxy) is 1. The van der Waals surface area contributed by atoms with Gasteiger partial charge >= 0.3 is 0 Å².